The van der Waals surface area contributed by atoms with E-state index >= 15 is 0 Å². The Hall–Kier alpha value is -2.12. The number of ether oxygens (including phenoxy) is 1. The summed E-state index contributed by atoms with van der Waals surface area (Å²) < 4.78 is 5.15. The first-order valence-corrected chi connectivity index (χ1v) is 9.28. The molecular weight excluding hydrogens is 366 g/mol. The van der Waals surface area contributed by atoms with E-state index in [4.69, 9.17) is 4.74 Å². The first kappa shape index (κ1) is 19.6. The number of nitrogens with zero attached hydrogens (tertiary/aromatic N) is 2. The van der Waals surface area contributed by atoms with Crippen LogP contribution in [-0.4, -0.2) is 40.3 Å². The highest BCUT2D eigenvalue weighted by molar-refractivity contribution is 5.85. The summed E-state index contributed by atoms with van der Waals surface area (Å²) >= 11 is 0. The Bertz CT molecular complexity index is 752. The Kier molecular flexibility index (Phi) is 6.34. The van der Waals surface area contributed by atoms with Crippen molar-refractivity contribution >= 4 is 18.3 Å². The fraction of sp³-hybridized carbons (Fsp3) is 0.526. The third kappa shape index (κ3) is 4.78. The van der Waals surface area contributed by atoms with Gasteiger partial charge in [-0.1, -0.05) is 0 Å². The van der Waals surface area contributed by atoms with Gasteiger partial charge in [0.25, 0.3) is 0 Å². The first-order valence-electron chi connectivity index (χ1n) is 9.28. The smallest absolute Gasteiger partial charge is 0.220 e. The van der Waals surface area contributed by atoms with Gasteiger partial charge in [0.15, 0.2) is 5.82 Å². The molecule has 1 aromatic carbocycles. The molecular formula is C19H26ClN5O2. The summed E-state index contributed by atoms with van der Waals surface area (Å²) in [4.78, 5) is 16.7. The Morgan fingerprint density at radius 3 is 2.59 bits per heavy atom. The third-order valence-corrected chi connectivity index (χ3v) is 5.38. The monoisotopic (exact) mass is 391 g/mol. The molecule has 2 unspecified atom stereocenters. The molecule has 2 bridgehead atoms. The number of nitrogens with one attached hydrogen (secondary N) is 3. The van der Waals surface area contributed by atoms with Crippen LogP contribution in [0, 0.1) is 5.92 Å². The Labute approximate surface area is 165 Å². The summed E-state index contributed by atoms with van der Waals surface area (Å²) in [5.74, 6) is 2.67. The molecule has 2 fully saturated rings. The summed E-state index contributed by atoms with van der Waals surface area (Å²) in [6, 6.07) is 8.81. The number of carbonyl (C=O) groups excluding carboxylic acids is 1. The standard InChI is InChI=1S/C19H25N5O2.ClH/c1-26-16-6-2-13(3-7-16)19-22-17(23-24-19)11-20-18(25)10-12-8-14-4-5-15(9-12)21-14;/h2-3,6-7,12,14-15,21H,4-5,8-11H2,1H3,(H,20,25)(H,22,23,24);1H. The van der Waals surface area contributed by atoms with Gasteiger partial charge >= 0.3 is 0 Å². The number of halogens is 1. The van der Waals surface area contributed by atoms with Crippen LogP contribution in [0.3, 0.4) is 0 Å². The van der Waals surface area contributed by atoms with Crippen molar-refractivity contribution in [2.45, 2.75) is 50.7 Å². The van der Waals surface area contributed by atoms with E-state index in [0.717, 1.165) is 24.2 Å². The summed E-state index contributed by atoms with van der Waals surface area (Å²) in [7, 11) is 1.64. The van der Waals surface area contributed by atoms with Crippen LogP contribution in [0.25, 0.3) is 11.4 Å². The maximum Gasteiger partial charge on any atom is 0.220 e. The molecule has 2 aliphatic rings. The van der Waals surface area contributed by atoms with E-state index in [0.29, 0.717) is 42.6 Å². The second-order valence-electron chi connectivity index (χ2n) is 7.29. The molecule has 0 saturated carbocycles. The summed E-state index contributed by atoms with van der Waals surface area (Å²) in [5, 5.41) is 13.7. The number of benzene rings is 1. The number of hydrogen-bond donors (Lipinski definition) is 3. The van der Waals surface area contributed by atoms with Gasteiger partial charge in [0.2, 0.25) is 5.91 Å². The van der Waals surface area contributed by atoms with Gasteiger partial charge in [0, 0.05) is 24.1 Å². The highest BCUT2D eigenvalue weighted by atomic mass is 35.5. The van der Waals surface area contributed by atoms with Gasteiger partial charge in [-0.15, -0.1) is 12.4 Å². The zero-order chi connectivity index (χ0) is 17.9. The minimum absolute atomic E-state index is 0. The molecule has 2 atom stereocenters. The van der Waals surface area contributed by atoms with Crippen molar-refractivity contribution in [2.24, 2.45) is 5.92 Å². The van der Waals surface area contributed by atoms with Crippen LogP contribution in [-0.2, 0) is 11.3 Å². The Morgan fingerprint density at radius 2 is 1.93 bits per heavy atom. The quantitative estimate of drug-likeness (QED) is 0.703. The zero-order valence-corrected chi connectivity index (χ0v) is 16.2. The maximum absolute atomic E-state index is 12.3. The third-order valence-electron chi connectivity index (χ3n) is 5.38. The van der Waals surface area contributed by atoms with Gasteiger partial charge in [0.05, 0.1) is 13.7 Å². The van der Waals surface area contributed by atoms with Crippen molar-refractivity contribution in [2.75, 3.05) is 7.11 Å². The van der Waals surface area contributed by atoms with Gasteiger partial charge in [0.1, 0.15) is 11.6 Å². The number of fused-ring (bicyclic) bond motifs is 2. The van der Waals surface area contributed by atoms with E-state index in [9.17, 15) is 4.79 Å². The van der Waals surface area contributed by atoms with E-state index in [1.807, 2.05) is 24.3 Å². The first-order chi connectivity index (χ1) is 12.7. The predicted molar refractivity (Wildman–Crippen MR) is 105 cm³/mol. The second-order valence-corrected chi connectivity index (χ2v) is 7.29. The molecule has 0 spiro atoms. The number of amides is 1. The van der Waals surface area contributed by atoms with Crippen LogP contribution in [0.1, 0.15) is 37.9 Å². The summed E-state index contributed by atoms with van der Waals surface area (Å²) in [6.45, 7) is 0.375. The minimum atomic E-state index is 0. The molecule has 7 nitrogen and oxygen atoms in total. The van der Waals surface area contributed by atoms with Gasteiger partial charge in [-0.2, -0.15) is 5.10 Å². The molecule has 4 rings (SSSR count). The second kappa shape index (κ2) is 8.71. The molecule has 2 aromatic rings. The highest BCUT2D eigenvalue weighted by Gasteiger charge is 2.34. The topological polar surface area (TPSA) is 91.9 Å². The number of H-pyrrole nitrogens is 1. The van der Waals surface area contributed by atoms with E-state index in [2.05, 4.69) is 25.8 Å². The average Bonchev–Trinajstić information content (AvgIpc) is 3.26. The molecule has 27 heavy (non-hydrogen) atoms. The number of methoxy groups -OCH3 is 1. The predicted octanol–water partition coefficient (Wildman–Crippen LogP) is 2.44. The van der Waals surface area contributed by atoms with Crippen LogP contribution in [0.5, 0.6) is 5.75 Å². The number of aromatic nitrogens is 3. The SMILES string of the molecule is COc1ccc(-c2n[nH]c(CNC(=O)CC3CC4CCC(C3)N4)n2)cc1.Cl. The average molecular weight is 392 g/mol. The lowest BCUT2D eigenvalue weighted by atomic mass is 9.89. The molecule has 146 valence electrons. The van der Waals surface area contributed by atoms with Crippen LogP contribution >= 0.6 is 12.4 Å². The van der Waals surface area contributed by atoms with Crippen molar-refractivity contribution in [3.63, 3.8) is 0 Å². The molecule has 8 heteroatoms. The van der Waals surface area contributed by atoms with Gasteiger partial charge in [-0.3, -0.25) is 9.89 Å². The van der Waals surface area contributed by atoms with Crippen molar-refractivity contribution in [3.05, 3.63) is 30.1 Å². The largest absolute Gasteiger partial charge is 0.497 e. The van der Waals surface area contributed by atoms with Crippen LogP contribution < -0.4 is 15.4 Å². The lowest BCUT2D eigenvalue weighted by Gasteiger charge is -2.28. The van der Waals surface area contributed by atoms with Crippen molar-refractivity contribution in [1.82, 2.24) is 25.8 Å². The molecule has 2 aliphatic heterocycles. The molecule has 1 aromatic heterocycles. The molecule has 2 saturated heterocycles. The lowest BCUT2D eigenvalue weighted by molar-refractivity contribution is -0.122. The summed E-state index contributed by atoms with van der Waals surface area (Å²) in [5.41, 5.74) is 0.907. The normalized spacial score (nSPS) is 23.5. The zero-order valence-electron chi connectivity index (χ0n) is 15.4. The van der Waals surface area contributed by atoms with Crippen molar-refractivity contribution in [3.8, 4) is 17.1 Å². The van der Waals surface area contributed by atoms with Crippen LogP contribution in [0.4, 0.5) is 0 Å². The minimum Gasteiger partial charge on any atom is -0.497 e. The molecule has 3 heterocycles. The number of rotatable bonds is 6. The van der Waals surface area contributed by atoms with E-state index in [1.165, 1.54) is 12.8 Å². The number of aromatic amines is 1. The Balaban J connectivity index is 0.00000210. The van der Waals surface area contributed by atoms with Gasteiger partial charge in [-0.25, -0.2) is 4.98 Å². The lowest BCUT2D eigenvalue weighted by Crippen LogP contribution is -2.39. The number of hydrogen-bond acceptors (Lipinski definition) is 5. The fourth-order valence-corrected chi connectivity index (χ4v) is 4.10. The number of piperidine rings is 1. The van der Waals surface area contributed by atoms with Gasteiger partial charge in [-0.05, 0) is 55.9 Å². The number of carbonyl (C=O) groups is 1. The van der Waals surface area contributed by atoms with E-state index < -0.39 is 0 Å². The molecule has 0 aliphatic carbocycles. The van der Waals surface area contributed by atoms with E-state index in [1.54, 1.807) is 7.11 Å². The molecule has 3 N–H and O–H groups in total. The van der Waals surface area contributed by atoms with Crippen LogP contribution in [0.2, 0.25) is 0 Å². The van der Waals surface area contributed by atoms with Gasteiger partial charge < -0.3 is 15.4 Å². The molecule has 1 amide bonds. The van der Waals surface area contributed by atoms with E-state index in [-0.39, 0.29) is 18.3 Å². The maximum atomic E-state index is 12.3. The Morgan fingerprint density at radius 1 is 1.22 bits per heavy atom. The van der Waals surface area contributed by atoms with Crippen molar-refractivity contribution < 1.29 is 9.53 Å². The fourth-order valence-electron chi connectivity index (χ4n) is 4.10. The van der Waals surface area contributed by atoms with Crippen molar-refractivity contribution in [1.29, 1.82) is 0 Å². The molecule has 0 radical (unpaired) electrons. The summed E-state index contributed by atoms with van der Waals surface area (Å²) in [6.07, 6.45) is 5.36. The van der Waals surface area contributed by atoms with Crippen LogP contribution in [0.15, 0.2) is 24.3 Å². The highest BCUT2D eigenvalue weighted by Crippen LogP contribution is 2.32.